The lowest BCUT2D eigenvalue weighted by atomic mass is 9.85. The molecule has 0 heterocycles. The van der Waals surface area contributed by atoms with Gasteiger partial charge in [-0.1, -0.05) is 25.4 Å². The van der Waals surface area contributed by atoms with Gasteiger partial charge in [-0.3, -0.25) is 0 Å². The van der Waals surface area contributed by atoms with Gasteiger partial charge in [0.2, 0.25) is 0 Å². The standard InChI is InChI=1S/C15H23ClFN/c1-14(2,3)18-10-15(4,5)9-11-8-12(17)6-7-13(11)16/h6-8,18H,9-10H2,1-5H3. The van der Waals surface area contributed by atoms with E-state index in [9.17, 15) is 4.39 Å². The van der Waals surface area contributed by atoms with Crippen molar-refractivity contribution in [3.05, 3.63) is 34.6 Å². The molecule has 0 spiro atoms. The quantitative estimate of drug-likeness (QED) is 0.854. The maximum Gasteiger partial charge on any atom is 0.123 e. The fraction of sp³-hybridized carbons (Fsp3) is 0.600. The van der Waals surface area contributed by atoms with Gasteiger partial charge in [-0.25, -0.2) is 4.39 Å². The van der Waals surface area contributed by atoms with Crippen LogP contribution in [0.5, 0.6) is 0 Å². The molecule has 0 radical (unpaired) electrons. The summed E-state index contributed by atoms with van der Waals surface area (Å²) in [5.41, 5.74) is 0.991. The smallest absolute Gasteiger partial charge is 0.123 e. The molecule has 0 unspecified atom stereocenters. The van der Waals surface area contributed by atoms with Crippen molar-refractivity contribution < 1.29 is 4.39 Å². The third kappa shape index (κ3) is 5.36. The molecular formula is C15H23ClFN. The van der Waals surface area contributed by atoms with E-state index in [1.807, 2.05) is 0 Å². The first-order valence-corrected chi connectivity index (χ1v) is 6.66. The second kappa shape index (κ2) is 5.58. The topological polar surface area (TPSA) is 12.0 Å². The van der Waals surface area contributed by atoms with Crippen LogP contribution in [0.25, 0.3) is 0 Å². The van der Waals surface area contributed by atoms with Crippen molar-refractivity contribution in [3.8, 4) is 0 Å². The van der Waals surface area contributed by atoms with E-state index in [2.05, 4.69) is 39.9 Å². The second-order valence-corrected chi connectivity index (χ2v) is 7.09. The molecule has 1 aromatic rings. The van der Waals surface area contributed by atoms with E-state index in [0.29, 0.717) is 5.02 Å². The molecule has 0 aliphatic carbocycles. The zero-order valence-corrected chi connectivity index (χ0v) is 12.7. The Balaban J connectivity index is 2.72. The highest BCUT2D eigenvalue weighted by atomic mass is 35.5. The summed E-state index contributed by atoms with van der Waals surface area (Å²) in [6, 6.07) is 4.55. The van der Waals surface area contributed by atoms with E-state index < -0.39 is 0 Å². The molecular weight excluding hydrogens is 249 g/mol. The fourth-order valence-corrected chi connectivity index (χ4v) is 1.95. The van der Waals surface area contributed by atoms with Crippen LogP contribution in [-0.4, -0.2) is 12.1 Å². The molecule has 0 aromatic heterocycles. The van der Waals surface area contributed by atoms with Crippen molar-refractivity contribution in [1.82, 2.24) is 5.32 Å². The predicted octanol–water partition coefficient (Wildman–Crippen LogP) is 4.44. The lowest BCUT2D eigenvalue weighted by Gasteiger charge is -2.31. The van der Waals surface area contributed by atoms with Crippen LogP contribution in [0.1, 0.15) is 40.2 Å². The summed E-state index contributed by atoms with van der Waals surface area (Å²) < 4.78 is 13.2. The van der Waals surface area contributed by atoms with Crippen molar-refractivity contribution in [3.63, 3.8) is 0 Å². The molecule has 0 bridgehead atoms. The van der Waals surface area contributed by atoms with Gasteiger partial charge in [0.1, 0.15) is 5.82 Å². The molecule has 102 valence electrons. The normalized spacial score (nSPS) is 12.8. The molecule has 18 heavy (non-hydrogen) atoms. The zero-order valence-electron chi connectivity index (χ0n) is 11.9. The van der Waals surface area contributed by atoms with Gasteiger partial charge in [0.15, 0.2) is 0 Å². The molecule has 0 saturated carbocycles. The molecule has 0 aliphatic heterocycles. The third-order valence-corrected chi connectivity index (χ3v) is 3.14. The van der Waals surface area contributed by atoms with Crippen LogP contribution >= 0.6 is 11.6 Å². The Morgan fingerprint density at radius 2 is 1.78 bits per heavy atom. The Hall–Kier alpha value is -0.600. The van der Waals surface area contributed by atoms with Gasteiger partial charge >= 0.3 is 0 Å². The molecule has 1 aromatic carbocycles. The van der Waals surface area contributed by atoms with E-state index in [0.717, 1.165) is 18.5 Å². The SMILES string of the molecule is CC(C)(CNC(C)(C)C)Cc1cc(F)ccc1Cl. The fourth-order valence-electron chi connectivity index (χ4n) is 1.76. The zero-order chi connectivity index (χ0) is 14.0. The summed E-state index contributed by atoms with van der Waals surface area (Å²) in [6.07, 6.45) is 0.757. The average Bonchev–Trinajstić information content (AvgIpc) is 2.20. The van der Waals surface area contributed by atoms with Crippen molar-refractivity contribution >= 4 is 11.6 Å². The van der Waals surface area contributed by atoms with Crippen molar-refractivity contribution in [2.45, 2.75) is 46.6 Å². The average molecular weight is 272 g/mol. The third-order valence-electron chi connectivity index (χ3n) is 2.77. The van der Waals surface area contributed by atoms with Crippen LogP contribution in [0, 0.1) is 11.2 Å². The van der Waals surface area contributed by atoms with E-state index >= 15 is 0 Å². The van der Waals surface area contributed by atoms with Crippen LogP contribution in [0.4, 0.5) is 4.39 Å². The Morgan fingerprint density at radius 1 is 1.17 bits per heavy atom. The first-order chi connectivity index (χ1) is 8.09. The summed E-state index contributed by atoms with van der Waals surface area (Å²) >= 11 is 6.11. The summed E-state index contributed by atoms with van der Waals surface area (Å²) in [4.78, 5) is 0. The van der Waals surface area contributed by atoms with Crippen LogP contribution in [0.3, 0.4) is 0 Å². The van der Waals surface area contributed by atoms with Crippen LogP contribution in [-0.2, 0) is 6.42 Å². The number of hydrogen-bond donors (Lipinski definition) is 1. The van der Waals surface area contributed by atoms with Gasteiger partial charge in [0.05, 0.1) is 0 Å². The molecule has 1 rings (SSSR count). The van der Waals surface area contributed by atoms with Crippen molar-refractivity contribution in [1.29, 1.82) is 0 Å². The van der Waals surface area contributed by atoms with Crippen LogP contribution < -0.4 is 5.32 Å². The maximum absolute atomic E-state index is 13.2. The van der Waals surface area contributed by atoms with E-state index in [1.165, 1.54) is 12.1 Å². The second-order valence-electron chi connectivity index (χ2n) is 6.68. The summed E-state index contributed by atoms with van der Waals surface area (Å²) in [7, 11) is 0. The van der Waals surface area contributed by atoms with Gasteiger partial charge in [0, 0.05) is 17.1 Å². The lowest BCUT2D eigenvalue weighted by molar-refractivity contribution is 0.288. The highest BCUT2D eigenvalue weighted by molar-refractivity contribution is 6.31. The van der Waals surface area contributed by atoms with Gasteiger partial charge in [-0.15, -0.1) is 0 Å². The predicted molar refractivity (Wildman–Crippen MR) is 76.7 cm³/mol. The number of benzene rings is 1. The molecule has 0 amide bonds. The summed E-state index contributed by atoms with van der Waals surface area (Å²) in [5, 5.41) is 4.12. The lowest BCUT2D eigenvalue weighted by Crippen LogP contribution is -2.42. The first kappa shape index (κ1) is 15.5. The molecule has 1 nitrogen and oxygen atoms in total. The van der Waals surface area contributed by atoms with Crippen molar-refractivity contribution in [2.24, 2.45) is 5.41 Å². The van der Waals surface area contributed by atoms with Gasteiger partial charge in [-0.05, 0) is 56.4 Å². The molecule has 0 aliphatic rings. The highest BCUT2D eigenvalue weighted by Gasteiger charge is 2.22. The van der Waals surface area contributed by atoms with Gasteiger partial charge in [0.25, 0.3) is 0 Å². The molecule has 0 atom stereocenters. The Morgan fingerprint density at radius 3 is 2.33 bits per heavy atom. The summed E-state index contributed by atoms with van der Waals surface area (Å²) in [5.74, 6) is -0.228. The van der Waals surface area contributed by atoms with E-state index in [1.54, 1.807) is 6.07 Å². The minimum absolute atomic E-state index is 0.0325. The minimum atomic E-state index is -0.228. The number of nitrogens with one attached hydrogen (secondary N) is 1. The molecule has 0 fully saturated rings. The van der Waals surface area contributed by atoms with Crippen LogP contribution in [0.2, 0.25) is 5.02 Å². The molecule has 0 saturated heterocycles. The Labute approximate surface area is 115 Å². The molecule has 1 N–H and O–H groups in total. The minimum Gasteiger partial charge on any atom is -0.312 e. The van der Waals surface area contributed by atoms with E-state index in [4.69, 9.17) is 11.6 Å². The van der Waals surface area contributed by atoms with Crippen LogP contribution in [0.15, 0.2) is 18.2 Å². The Kier molecular flexibility index (Phi) is 4.79. The summed E-state index contributed by atoms with van der Waals surface area (Å²) in [6.45, 7) is 11.6. The maximum atomic E-state index is 13.2. The van der Waals surface area contributed by atoms with Crippen molar-refractivity contribution in [2.75, 3.05) is 6.54 Å². The molecule has 3 heteroatoms. The first-order valence-electron chi connectivity index (χ1n) is 6.28. The highest BCUT2D eigenvalue weighted by Crippen LogP contribution is 2.27. The number of halogens is 2. The monoisotopic (exact) mass is 271 g/mol. The van der Waals surface area contributed by atoms with E-state index in [-0.39, 0.29) is 16.8 Å². The number of hydrogen-bond acceptors (Lipinski definition) is 1. The van der Waals surface area contributed by atoms with Gasteiger partial charge < -0.3 is 5.32 Å². The largest absolute Gasteiger partial charge is 0.312 e. The Bertz CT molecular complexity index is 407. The van der Waals surface area contributed by atoms with Gasteiger partial charge in [-0.2, -0.15) is 0 Å². The number of rotatable bonds is 4.